The van der Waals surface area contributed by atoms with Gasteiger partial charge in [0.05, 0.1) is 6.61 Å². The number of esters is 1. The summed E-state index contributed by atoms with van der Waals surface area (Å²) in [5.41, 5.74) is 0. The molecule has 0 aromatic heterocycles. The molecular formula is C11H19NO3S. The number of carbonyl (C=O) groups is 1. The zero-order valence-electron chi connectivity index (χ0n) is 9.44. The predicted octanol–water partition coefficient (Wildman–Crippen LogP) is 0.661. The smallest absolute Gasteiger partial charge is 0.324 e. The number of rotatable bonds is 3. The Hall–Kier alpha value is -0.260. The van der Waals surface area contributed by atoms with Crippen molar-refractivity contribution < 1.29 is 14.3 Å². The maximum Gasteiger partial charge on any atom is 0.324 e. The van der Waals surface area contributed by atoms with E-state index in [1.54, 1.807) is 0 Å². The molecule has 1 atom stereocenters. The van der Waals surface area contributed by atoms with E-state index in [4.69, 9.17) is 9.47 Å². The fourth-order valence-electron chi connectivity index (χ4n) is 1.93. The highest BCUT2D eigenvalue weighted by atomic mass is 32.2. The standard InChI is InChI=1S/C11H19NO3S/c13-11(10-8-16-6-3-12-10)15-7-9-1-4-14-5-2-9/h9-10,12H,1-8H2. The fourth-order valence-corrected chi connectivity index (χ4v) is 2.85. The molecule has 0 aromatic carbocycles. The van der Waals surface area contributed by atoms with Gasteiger partial charge in [-0.15, -0.1) is 0 Å². The lowest BCUT2D eigenvalue weighted by atomic mass is 10.0. The summed E-state index contributed by atoms with van der Waals surface area (Å²) in [5, 5.41) is 3.19. The van der Waals surface area contributed by atoms with E-state index in [9.17, 15) is 4.79 Å². The van der Waals surface area contributed by atoms with Crippen LogP contribution in [0.4, 0.5) is 0 Å². The highest BCUT2D eigenvalue weighted by molar-refractivity contribution is 7.99. The number of thioether (sulfide) groups is 1. The molecular weight excluding hydrogens is 226 g/mol. The molecule has 2 aliphatic rings. The molecule has 0 amide bonds. The normalized spacial score (nSPS) is 27.6. The molecule has 0 aromatic rings. The molecule has 2 aliphatic heterocycles. The molecule has 16 heavy (non-hydrogen) atoms. The van der Waals surface area contributed by atoms with Crippen molar-refractivity contribution in [2.75, 3.05) is 37.9 Å². The SMILES string of the molecule is O=C(OCC1CCOCC1)C1CSCCN1. The van der Waals surface area contributed by atoms with Crippen LogP contribution < -0.4 is 5.32 Å². The zero-order valence-corrected chi connectivity index (χ0v) is 10.3. The van der Waals surface area contributed by atoms with Gasteiger partial charge in [-0.2, -0.15) is 11.8 Å². The Balaban J connectivity index is 1.65. The monoisotopic (exact) mass is 245 g/mol. The van der Waals surface area contributed by atoms with E-state index < -0.39 is 0 Å². The summed E-state index contributed by atoms with van der Waals surface area (Å²) < 4.78 is 10.6. The van der Waals surface area contributed by atoms with Gasteiger partial charge >= 0.3 is 5.97 Å². The Bertz CT molecular complexity index is 225. The van der Waals surface area contributed by atoms with Crippen molar-refractivity contribution in [2.45, 2.75) is 18.9 Å². The first-order valence-electron chi connectivity index (χ1n) is 5.92. The minimum atomic E-state index is -0.0985. The number of nitrogens with one attached hydrogen (secondary N) is 1. The van der Waals surface area contributed by atoms with Crippen LogP contribution in [0.3, 0.4) is 0 Å². The van der Waals surface area contributed by atoms with Crippen molar-refractivity contribution >= 4 is 17.7 Å². The first kappa shape index (κ1) is 12.2. The molecule has 1 N–H and O–H groups in total. The minimum Gasteiger partial charge on any atom is -0.464 e. The second-order valence-corrected chi connectivity index (χ2v) is 5.42. The van der Waals surface area contributed by atoms with Crippen molar-refractivity contribution in [3.8, 4) is 0 Å². The average Bonchev–Trinajstić information content (AvgIpc) is 2.38. The van der Waals surface area contributed by atoms with Gasteiger partial charge in [0.15, 0.2) is 0 Å². The number of hydrogen-bond donors (Lipinski definition) is 1. The van der Waals surface area contributed by atoms with Crippen LogP contribution in [-0.4, -0.2) is 49.9 Å². The van der Waals surface area contributed by atoms with Gasteiger partial charge in [-0.3, -0.25) is 4.79 Å². The third kappa shape index (κ3) is 3.64. The Morgan fingerprint density at radius 3 is 2.94 bits per heavy atom. The van der Waals surface area contributed by atoms with Crippen molar-refractivity contribution in [3.63, 3.8) is 0 Å². The summed E-state index contributed by atoms with van der Waals surface area (Å²) in [4.78, 5) is 11.7. The Morgan fingerprint density at radius 1 is 1.44 bits per heavy atom. The van der Waals surface area contributed by atoms with E-state index in [2.05, 4.69) is 5.32 Å². The van der Waals surface area contributed by atoms with Crippen LogP contribution in [0.1, 0.15) is 12.8 Å². The van der Waals surface area contributed by atoms with Gasteiger partial charge in [-0.05, 0) is 18.8 Å². The highest BCUT2D eigenvalue weighted by Crippen LogP contribution is 2.15. The van der Waals surface area contributed by atoms with E-state index in [1.165, 1.54) is 0 Å². The largest absolute Gasteiger partial charge is 0.464 e. The maximum absolute atomic E-state index is 11.7. The van der Waals surface area contributed by atoms with Crippen LogP contribution >= 0.6 is 11.8 Å². The van der Waals surface area contributed by atoms with Crippen LogP contribution in [0.15, 0.2) is 0 Å². The van der Waals surface area contributed by atoms with Gasteiger partial charge in [0.25, 0.3) is 0 Å². The van der Waals surface area contributed by atoms with Gasteiger partial charge in [0, 0.05) is 31.3 Å². The lowest BCUT2D eigenvalue weighted by molar-refractivity contribution is -0.147. The summed E-state index contributed by atoms with van der Waals surface area (Å²) in [6.07, 6.45) is 2.03. The molecule has 0 bridgehead atoms. The van der Waals surface area contributed by atoms with Crippen molar-refractivity contribution in [1.82, 2.24) is 5.32 Å². The van der Waals surface area contributed by atoms with Gasteiger partial charge in [0.1, 0.15) is 6.04 Å². The molecule has 5 heteroatoms. The Labute approximate surface area is 100 Å². The van der Waals surface area contributed by atoms with E-state index in [1.807, 2.05) is 11.8 Å². The first-order valence-corrected chi connectivity index (χ1v) is 7.07. The van der Waals surface area contributed by atoms with E-state index in [-0.39, 0.29) is 12.0 Å². The predicted molar refractivity (Wildman–Crippen MR) is 63.6 cm³/mol. The number of ether oxygens (including phenoxy) is 2. The molecule has 2 heterocycles. The minimum absolute atomic E-state index is 0.0845. The van der Waals surface area contributed by atoms with Gasteiger partial charge in [-0.25, -0.2) is 0 Å². The highest BCUT2D eigenvalue weighted by Gasteiger charge is 2.23. The fraction of sp³-hybridized carbons (Fsp3) is 0.909. The summed E-state index contributed by atoms with van der Waals surface area (Å²) in [6.45, 7) is 3.08. The summed E-state index contributed by atoms with van der Waals surface area (Å²) in [7, 11) is 0. The number of hydrogen-bond acceptors (Lipinski definition) is 5. The third-order valence-corrected chi connectivity index (χ3v) is 4.07. The topological polar surface area (TPSA) is 47.6 Å². The zero-order chi connectivity index (χ0) is 11.2. The van der Waals surface area contributed by atoms with Crippen LogP contribution in [0.5, 0.6) is 0 Å². The van der Waals surface area contributed by atoms with Gasteiger partial charge < -0.3 is 14.8 Å². The number of carbonyl (C=O) groups excluding carboxylic acids is 1. The lowest BCUT2D eigenvalue weighted by Gasteiger charge is -2.25. The van der Waals surface area contributed by atoms with Gasteiger partial charge in [-0.1, -0.05) is 0 Å². The van der Waals surface area contributed by atoms with E-state index in [0.29, 0.717) is 12.5 Å². The van der Waals surface area contributed by atoms with Crippen LogP contribution in [-0.2, 0) is 14.3 Å². The molecule has 2 saturated heterocycles. The van der Waals surface area contributed by atoms with E-state index >= 15 is 0 Å². The van der Waals surface area contributed by atoms with Gasteiger partial charge in [0.2, 0.25) is 0 Å². The second kappa shape index (κ2) is 6.47. The van der Waals surface area contributed by atoms with Crippen LogP contribution in [0.2, 0.25) is 0 Å². The van der Waals surface area contributed by atoms with Crippen LogP contribution in [0.25, 0.3) is 0 Å². The maximum atomic E-state index is 11.7. The molecule has 92 valence electrons. The second-order valence-electron chi connectivity index (χ2n) is 4.27. The molecule has 0 spiro atoms. The molecule has 0 radical (unpaired) electrons. The molecule has 4 nitrogen and oxygen atoms in total. The Morgan fingerprint density at radius 2 is 2.25 bits per heavy atom. The first-order chi connectivity index (χ1) is 7.86. The molecule has 0 saturated carbocycles. The molecule has 0 aliphatic carbocycles. The third-order valence-electron chi connectivity index (χ3n) is 3.01. The quantitative estimate of drug-likeness (QED) is 0.740. The van der Waals surface area contributed by atoms with Crippen molar-refractivity contribution in [1.29, 1.82) is 0 Å². The molecule has 2 fully saturated rings. The van der Waals surface area contributed by atoms with E-state index in [0.717, 1.165) is 44.1 Å². The lowest BCUT2D eigenvalue weighted by Crippen LogP contribution is -2.44. The summed E-state index contributed by atoms with van der Waals surface area (Å²) in [5.74, 6) is 2.34. The molecule has 2 rings (SSSR count). The summed E-state index contributed by atoms with van der Waals surface area (Å²) >= 11 is 1.81. The summed E-state index contributed by atoms with van der Waals surface area (Å²) in [6, 6.07) is -0.0985. The molecule has 1 unspecified atom stereocenters. The average molecular weight is 245 g/mol. The Kier molecular flexibility index (Phi) is 4.93. The van der Waals surface area contributed by atoms with Crippen molar-refractivity contribution in [3.05, 3.63) is 0 Å². The van der Waals surface area contributed by atoms with Crippen molar-refractivity contribution in [2.24, 2.45) is 5.92 Å². The van der Waals surface area contributed by atoms with Crippen LogP contribution in [0, 0.1) is 5.92 Å².